The predicted molar refractivity (Wildman–Crippen MR) is 167 cm³/mol. The van der Waals surface area contributed by atoms with Gasteiger partial charge in [-0.2, -0.15) is 0 Å². The Hall–Kier alpha value is -2.96. The number of nitrogens with zero attached hydrogens (tertiary/aromatic N) is 2. The zero-order chi connectivity index (χ0) is 28.8. The molecule has 0 spiro atoms. The third-order valence-electron chi connectivity index (χ3n) is 9.61. The van der Waals surface area contributed by atoms with Crippen LogP contribution >= 0.6 is 0 Å². The minimum Gasteiger partial charge on any atom is -0.353 e. The van der Waals surface area contributed by atoms with Crippen molar-refractivity contribution in [3.8, 4) is 0 Å². The number of carbonyl (C=O) groups excluding carboxylic acids is 2. The van der Waals surface area contributed by atoms with Gasteiger partial charge in [-0.1, -0.05) is 48.5 Å². The molecule has 41 heavy (non-hydrogen) atoms. The Morgan fingerprint density at radius 3 is 2.02 bits per heavy atom. The lowest BCUT2D eigenvalue weighted by molar-refractivity contribution is -0.128. The Labute approximate surface area is 244 Å². The second-order valence-corrected chi connectivity index (χ2v) is 14.1. The topological polar surface area (TPSA) is 64.7 Å². The standard InChI is InChI=1S/C35H46N4O2/c1-34(2)21-27(22-35(3,4)37-34)36-32(40)26-12-9-17-39(23-26)28-15-18-38(19-16-28)33(41)31-29-13-7-5-10-24(29)20-25-11-6-8-14-30(25)31/h5-8,10-11,13-14,20,26-28,37H,9,12,15-19,21-23H2,1-4H3,(H,36,40). The van der Waals surface area contributed by atoms with Gasteiger partial charge < -0.3 is 15.5 Å². The number of benzene rings is 3. The number of nitrogens with one attached hydrogen (secondary N) is 2. The highest BCUT2D eigenvalue weighted by Crippen LogP contribution is 2.32. The Bertz CT molecular complexity index is 1370. The summed E-state index contributed by atoms with van der Waals surface area (Å²) in [5, 5.41) is 11.4. The van der Waals surface area contributed by atoms with Crippen molar-refractivity contribution in [2.45, 2.75) is 89.4 Å². The SMILES string of the molecule is CC1(C)CC(NC(=O)C2CCCN(C3CCN(C(=O)c4c5ccccc5cc5ccccc45)CC3)C2)CC(C)(C)N1. The molecule has 3 aromatic carbocycles. The molecular weight excluding hydrogens is 508 g/mol. The minimum atomic E-state index is 0.0159. The fourth-order valence-corrected chi connectivity index (χ4v) is 8.13. The average Bonchev–Trinajstić information content (AvgIpc) is 2.94. The molecule has 0 radical (unpaired) electrons. The molecular formula is C35H46N4O2. The van der Waals surface area contributed by atoms with Gasteiger partial charge in [0.25, 0.3) is 5.91 Å². The third-order valence-corrected chi connectivity index (χ3v) is 9.61. The van der Waals surface area contributed by atoms with Gasteiger partial charge in [0.1, 0.15) is 0 Å². The first kappa shape index (κ1) is 28.2. The van der Waals surface area contributed by atoms with Crippen LogP contribution in [0.4, 0.5) is 0 Å². The van der Waals surface area contributed by atoms with Crippen molar-refractivity contribution in [1.29, 1.82) is 0 Å². The number of carbonyl (C=O) groups is 2. The van der Waals surface area contributed by atoms with Gasteiger partial charge in [-0.25, -0.2) is 0 Å². The predicted octanol–water partition coefficient (Wildman–Crippen LogP) is 5.74. The number of likely N-dealkylation sites (tertiary alicyclic amines) is 2. The van der Waals surface area contributed by atoms with Crippen LogP contribution in [0.1, 0.15) is 76.6 Å². The summed E-state index contributed by atoms with van der Waals surface area (Å²) < 4.78 is 0. The minimum absolute atomic E-state index is 0.0159. The number of hydrogen-bond acceptors (Lipinski definition) is 4. The summed E-state index contributed by atoms with van der Waals surface area (Å²) in [7, 11) is 0. The first-order valence-electron chi connectivity index (χ1n) is 15.6. The quantitative estimate of drug-likeness (QED) is 0.404. The maximum Gasteiger partial charge on any atom is 0.255 e. The molecule has 6 heteroatoms. The smallest absolute Gasteiger partial charge is 0.255 e. The van der Waals surface area contributed by atoms with Crippen molar-refractivity contribution in [2.75, 3.05) is 26.2 Å². The highest BCUT2D eigenvalue weighted by molar-refractivity contribution is 6.18. The Morgan fingerprint density at radius 2 is 1.41 bits per heavy atom. The molecule has 3 aromatic rings. The molecule has 3 aliphatic heterocycles. The molecule has 0 aromatic heterocycles. The van der Waals surface area contributed by atoms with E-state index in [0.29, 0.717) is 6.04 Å². The fraction of sp³-hybridized carbons (Fsp3) is 0.543. The van der Waals surface area contributed by atoms with Crippen molar-refractivity contribution in [2.24, 2.45) is 5.92 Å². The van der Waals surface area contributed by atoms with Crippen molar-refractivity contribution < 1.29 is 9.59 Å². The summed E-state index contributed by atoms with van der Waals surface area (Å²) in [6.07, 6.45) is 5.85. The van der Waals surface area contributed by atoms with Crippen LogP contribution in [0.25, 0.3) is 21.5 Å². The van der Waals surface area contributed by atoms with E-state index in [9.17, 15) is 9.59 Å². The first-order valence-corrected chi connectivity index (χ1v) is 15.6. The van der Waals surface area contributed by atoms with E-state index in [-0.39, 0.29) is 34.9 Å². The van der Waals surface area contributed by atoms with E-state index in [1.165, 1.54) is 0 Å². The first-order chi connectivity index (χ1) is 19.6. The van der Waals surface area contributed by atoms with Crippen LogP contribution in [0.15, 0.2) is 54.6 Å². The van der Waals surface area contributed by atoms with Crippen molar-refractivity contribution in [1.82, 2.24) is 20.4 Å². The van der Waals surface area contributed by atoms with Crippen LogP contribution in [-0.2, 0) is 4.79 Å². The van der Waals surface area contributed by atoms with Gasteiger partial charge in [-0.3, -0.25) is 14.5 Å². The van der Waals surface area contributed by atoms with Crippen LogP contribution in [0.3, 0.4) is 0 Å². The summed E-state index contributed by atoms with van der Waals surface area (Å²) >= 11 is 0. The molecule has 1 unspecified atom stereocenters. The average molecular weight is 555 g/mol. The molecule has 6 nitrogen and oxygen atoms in total. The van der Waals surface area contributed by atoms with Gasteiger partial charge in [0.2, 0.25) is 5.91 Å². The Balaban J connectivity index is 1.09. The van der Waals surface area contributed by atoms with E-state index in [4.69, 9.17) is 0 Å². The molecule has 0 aliphatic carbocycles. The van der Waals surface area contributed by atoms with Gasteiger partial charge in [0, 0.05) is 42.8 Å². The number of fused-ring (bicyclic) bond motifs is 2. The van der Waals surface area contributed by atoms with Crippen molar-refractivity contribution in [3.05, 3.63) is 60.2 Å². The van der Waals surface area contributed by atoms with Gasteiger partial charge in [-0.15, -0.1) is 0 Å². The summed E-state index contributed by atoms with van der Waals surface area (Å²) in [5.74, 6) is 0.412. The van der Waals surface area contributed by atoms with Gasteiger partial charge >= 0.3 is 0 Å². The van der Waals surface area contributed by atoms with Gasteiger partial charge in [0.15, 0.2) is 0 Å². The molecule has 218 valence electrons. The number of piperidine rings is 3. The molecule has 3 aliphatic rings. The Morgan fingerprint density at radius 1 is 0.829 bits per heavy atom. The molecule has 0 saturated carbocycles. The zero-order valence-electron chi connectivity index (χ0n) is 25.2. The largest absolute Gasteiger partial charge is 0.353 e. The maximum atomic E-state index is 14.0. The van der Waals surface area contributed by atoms with Crippen LogP contribution < -0.4 is 10.6 Å². The molecule has 3 heterocycles. The maximum absolute atomic E-state index is 14.0. The van der Waals surface area contributed by atoms with Crippen molar-refractivity contribution >= 4 is 33.4 Å². The van der Waals surface area contributed by atoms with Gasteiger partial charge in [0.05, 0.1) is 11.5 Å². The van der Waals surface area contributed by atoms with Crippen LogP contribution in [0.5, 0.6) is 0 Å². The van der Waals surface area contributed by atoms with E-state index < -0.39 is 0 Å². The normalized spacial score (nSPS) is 24.0. The Kier molecular flexibility index (Phi) is 7.58. The lowest BCUT2D eigenvalue weighted by Crippen LogP contribution is -2.62. The molecule has 0 bridgehead atoms. The van der Waals surface area contributed by atoms with Crippen LogP contribution in [0, 0.1) is 5.92 Å². The summed E-state index contributed by atoms with van der Waals surface area (Å²) in [6, 6.07) is 19.3. The molecule has 6 rings (SSSR count). The molecule has 2 N–H and O–H groups in total. The fourth-order valence-electron chi connectivity index (χ4n) is 8.13. The second-order valence-electron chi connectivity index (χ2n) is 14.1. The van der Waals surface area contributed by atoms with Crippen molar-refractivity contribution in [3.63, 3.8) is 0 Å². The summed E-state index contributed by atoms with van der Waals surface area (Å²) in [5.41, 5.74) is 0.862. The lowest BCUT2D eigenvalue weighted by atomic mass is 9.79. The van der Waals surface area contributed by atoms with E-state index in [1.54, 1.807) is 0 Å². The van der Waals surface area contributed by atoms with Crippen LogP contribution in [-0.4, -0.2) is 71.0 Å². The van der Waals surface area contributed by atoms with Gasteiger partial charge in [-0.05, 0) is 100 Å². The molecule has 3 fully saturated rings. The molecule has 1 atom stereocenters. The molecule has 3 saturated heterocycles. The monoisotopic (exact) mass is 554 g/mol. The summed E-state index contributed by atoms with van der Waals surface area (Å²) in [4.78, 5) is 32.0. The summed E-state index contributed by atoms with van der Waals surface area (Å²) in [6.45, 7) is 12.3. The van der Waals surface area contributed by atoms with E-state index >= 15 is 0 Å². The lowest BCUT2D eigenvalue weighted by Gasteiger charge is -2.47. The molecule has 2 amide bonds. The van der Waals surface area contributed by atoms with Crippen LogP contribution in [0.2, 0.25) is 0 Å². The highest BCUT2D eigenvalue weighted by atomic mass is 16.2. The third kappa shape index (κ3) is 6.00. The highest BCUT2D eigenvalue weighted by Gasteiger charge is 2.40. The number of amides is 2. The zero-order valence-corrected chi connectivity index (χ0v) is 25.2. The number of rotatable bonds is 4. The van der Waals surface area contributed by atoms with E-state index in [0.717, 1.165) is 91.8 Å². The second kappa shape index (κ2) is 11.0. The van der Waals surface area contributed by atoms with E-state index in [1.807, 2.05) is 24.3 Å². The van der Waals surface area contributed by atoms with E-state index in [2.05, 4.69) is 78.5 Å². The number of hydrogen-bond donors (Lipinski definition) is 2.